The Morgan fingerprint density at radius 3 is 2.72 bits per heavy atom. The van der Waals surface area contributed by atoms with Crippen LogP contribution in [0.3, 0.4) is 0 Å². The van der Waals surface area contributed by atoms with Gasteiger partial charge >= 0.3 is 6.09 Å². The van der Waals surface area contributed by atoms with Gasteiger partial charge in [0.1, 0.15) is 12.4 Å². The van der Waals surface area contributed by atoms with E-state index in [4.69, 9.17) is 14.7 Å². The monoisotopic (exact) mass is 392 g/mol. The van der Waals surface area contributed by atoms with E-state index >= 15 is 0 Å². The van der Waals surface area contributed by atoms with Crippen molar-refractivity contribution in [2.45, 2.75) is 24.8 Å². The number of nitrogens with zero attached hydrogens (tertiary/aromatic N) is 3. The number of alkyl carbamates (subject to hydrolysis) is 1. The summed E-state index contributed by atoms with van der Waals surface area (Å²) in [5, 5.41) is 11.7. The number of carbonyl (C=O) groups excluding carboxylic acids is 2. The van der Waals surface area contributed by atoms with E-state index in [1.54, 1.807) is 23.1 Å². The van der Waals surface area contributed by atoms with Gasteiger partial charge in [-0.25, -0.2) is 4.79 Å². The van der Waals surface area contributed by atoms with E-state index in [1.807, 2.05) is 18.2 Å². The standard InChI is InChI=1S/C21H20N4O4/c1-28-19-15(10-16-12-29-21(27)23-16)6-7-18(24-19)25-9-8-17(20(25)26)14-4-2-13(11-22)3-5-14/h2-7,16-17H,8-10,12H2,1H3,(H,23,27)/t16-,17?/m0/s1. The van der Waals surface area contributed by atoms with Crippen molar-refractivity contribution < 1.29 is 19.1 Å². The molecule has 8 heteroatoms. The van der Waals surface area contributed by atoms with Gasteiger partial charge in [0.15, 0.2) is 0 Å². The molecule has 8 nitrogen and oxygen atoms in total. The van der Waals surface area contributed by atoms with E-state index < -0.39 is 6.09 Å². The first-order valence-corrected chi connectivity index (χ1v) is 9.37. The Kier molecular flexibility index (Phi) is 5.04. The number of rotatable bonds is 5. The third-order valence-electron chi connectivity index (χ3n) is 5.25. The number of hydrogen-bond acceptors (Lipinski definition) is 6. The van der Waals surface area contributed by atoms with Crippen LogP contribution in [0.4, 0.5) is 10.6 Å². The summed E-state index contributed by atoms with van der Waals surface area (Å²) >= 11 is 0. The Morgan fingerprint density at radius 1 is 1.28 bits per heavy atom. The molecule has 2 amide bonds. The number of pyridine rings is 1. The first kappa shape index (κ1) is 18.7. The summed E-state index contributed by atoms with van der Waals surface area (Å²) in [6, 6.07) is 12.8. The number of ether oxygens (including phenoxy) is 2. The van der Waals surface area contributed by atoms with Crippen molar-refractivity contribution in [3.05, 3.63) is 53.1 Å². The van der Waals surface area contributed by atoms with Crippen LogP contribution in [0.15, 0.2) is 36.4 Å². The maximum absolute atomic E-state index is 13.0. The van der Waals surface area contributed by atoms with Gasteiger partial charge in [0, 0.05) is 18.5 Å². The molecule has 1 aromatic heterocycles. The van der Waals surface area contributed by atoms with Crippen molar-refractivity contribution in [1.82, 2.24) is 10.3 Å². The van der Waals surface area contributed by atoms with Crippen molar-refractivity contribution in [2.24, 2.45) is 0 Å². The summed E-state index contributed by atoms with van der Waals surface area (Å²) in [5.41, 5.74) is 2.31. The van der Waals surface area contributed by atoms with Crippen LogP contribution >= 0.6 is 0 Å². The lowest BCUT2D eigenvalue weighted by Gasteiger charge is -2.18. The van der Waals surface area contributed by atoms with E-state index in [1.165, 1.54) is 7.11 Å². The van der Waals surface area contributed by atoms with Crippen molar-refractivity contribution in [3.8, 4) is 11.9 Å². The molecule has 0 radical (unpaired) electrons. The fourth-order valence-electron chi connectivity index (χ4n) is 3.75. The smallest absolute Gasteiger partial charge is 0.407 e. The van der Waals surface area contributed by atoms with E-state index in [0.717, 1.165) is 11.1 Å². The van der Waals surface area contributed by atoms with E-state index in [0.29, 0.717) is 43.3 Å². The fourth-order valence-corrected chi connectivity index (χ4v) is 3.75. The van der Waals surface area contributed by atoms with E-state index in [2.05, 4.69) is 16.4 Å². The largest absolute Gasteiger partial charge is 0.481 e. The first-order valence-electron chi connectivity index (χ1n) is 9.37. The number of benzene rings is 1. The second-order valence-electron chi connectivity index (χ2n) is 7.05. The van der Waals surface area contributed by atoms with Gasteiger partial charge < -0.3 is 14.8 Å². The zero-order valence-corrected chi connectivity index (χ0v) is 15.9. The molecule has 29 heavy (non-hydrogen) atoms. The molecule has 2 fully saturated rings. The highest BCUT2D eigenvalue weighted by atomic mass is 16.6. The van der Waals surface area contributed by atoms with Crippen molar-refractivity contribution >= 4 is 17.8 Å². The Balaban J connectivity index is 1.51. The van der Waals surface area contributed by atoms with Gasteiger partial charge in [-0.2, -0.15) is 10.2 Å². The van der Waals surface area contributed by atoms with E-state index in [-0.39, 0.29) is 17.9 Å². The molecule has 0 bridgehead atoms. The first-order chi connectivity index (χ1) is 14.1. The molecule has 0 spiro atoms. The molecule has 4 rings (SSSR count). The lowest BCUT2D eigenvalue weighted by atomic mass is 9.97. The summed E-state index contributed by atoms with van der Waals surface area (Å²) in [5.74, 6) is 0.700. The summed E-state index contributed by atoms with van der Waals surface area (Å²) in [7, 11) is 1.53. The molecule has 2 atom stereocenters. The van der Waals surface area contributed by atoms with Crippen LogP contribution in [-0.4, -0.2) is 43.3 Å². The molecule has 0 aliphatic carbocycles. The Hall–Kier alpha value is -3.60. The average molecular weight is 392 g/mol. The second-order valence-corrected chi connectivity index (χ2v) is 7.05. The Bertz CT molecular complexity index is 983. The van der Waals surface area contributed by atoms with Gasteiger partial charge in [0.2, 0.25) is 11.8 Å². The van der Waals surface area contributed by atoms with Gasteiger partial charge in [-0.15, -0.1) is 0 Å². The molecular weight excluding hydrogens is 372 g/mol. The summed E-state index contributed by atoms with van der Waals surface area (Å²) in [6.45, 7) is 0.867. The van der Waals surface area contributed by atoms with Crippen LogP contribution < -0.4 is 15.0 Å². The molecule has 2 aromatic rings. The molecule has 1 aromatic carbocycles. The lowest BCUT2D eigenvalue weighted by molar-refractivity contribution is -0.118. The Morgan fingerprint density at radius 2 is 2.07 bits per heavy atom. The molecule has 3 heterocycles. The van der Waals surface area contributed by atoms with Crippen LogP contribution in [0.1, 0.15) is 29.0 Å². The number of aromatic nitrogens is 1. The molecule has 148 valence electrons. The van der Waals surface area contributed by atoms with Crippen LogP contribution in [0.2, 0.25) is 0 Å². The predicted molar refractivity (Wildman–Crippen MR) is 104 cm³/mol. The minimum atomic E-state index is -0.421. The highest BCUT2D eigenvalue weighted by Crippen LogP contribution is 2.33. The van der Waals surface area contributed by atoms with Crippen molar-refractivity contribution in [1.29, 1.82) is 5.26 Å². The predicted octanol–water partition coefficient (Wildman–Crippen LogP) is 2.13. The Labute approximate surface area is 168 Å². The fraction of sp³-hybridized carbons (Fsp3) is 0.333. The van der Waals surface area contributed by atoms with Gasteiger partial charge in [0.05, 0.1) is 30.7 Å². The van der Waals surface area contributed by atoms with Crippen molar-refractivity contribution in [3.63, 3.8) is 0 Å². The lowest BCUT2D eigenvalue weighted by Crippen LogP contribution is -2.29. The zero-order chi connectivity index (χ0) is 20.4. The summed E-state index contributed by atoms with van der Waals surface area (Å²) < 4.78 is 10.3. The summed E-state index contributed by atoms with van der Waals surface area (Å²) in [4.78, 5) is 30.4. The number of nitriles is 1. The number of hydrogen-bond donors (Lipinski definition) is 1. The minimum Gasteiger partial charge on any atom is -0.481 e. The normalized spacial score (nSPS) is 20.9. The van der Waals surface area contributed by atoms with Crippen molar-refractivity contribution in [2.75, 3.05) is 25.2 Å². The third kappa shape index (κ3) is 3.72. The molecule has 1 unspecified atom stereocenters. The topological polar surface area (TPSA) is 105 Å². The average Bonchev–Trinajstić information content (AvgIpc) is 3.33. The third-order valence-corrected chi connectivity index (χ3v) is 5.25. The molecule has 2 saturated heterocycles. The SMILES string of the molecule is COc1nc(N2CCC(c3ccc(C#N)cc3)C2=O)ccc1C[C@H]1COC(=O)N1. The van der Waals surface area contributed by atoms with Crippen LogP contribution in [0, 0.1) is 11.3 Å². The second kappa shape index (κ2) is 7.80. The molecule has 0 saturated carbocycles. The highest BCUT2D eigenvalue weighted by molar-refractivity contribution is 5.99. The number of carbonyl (C=O) groups is 2. The number of anilines is 1. The zero-order valence-electron chi connectivity index (χ0n) is 15.9. The quantitative estimate of drug-likeness (QED) is 0.836. The van der Waals surface area contributed by atoms with Gasteiger partial charge in [-0.3, -0.25) is 9.69 Å². The molecule has 2 aliphatic rings. The molecular formula is C21H20N4O4. The number of nitrogens with one attached hydrogen (secondary N) is 1. The highest BCUT2D eigenvalue weighted by Gasteiger charge is 2.34. The van der Waals surface area contributed by atoms with Gasteiger partial charge in [-0.1, -0.05) is 12.1 Å². The summed E-state index contributed by atoms with van der Waals surface area (Å²) in [6.07, 6.45) is 0.793. The number of amides is 2. The molecule has 2 aliphatic heterocycles. The van der Waals surface area contributed by atoms with Gasteiger partial charge in [-0.05, 0) is 36.2 Å². The number of methoxy groups -OCH3 is 1. The van der Waals surface area contributed by atoms with Crippen LogP contribution in [0.25, 0.3) is 0 Å². The van der Waals surface area contributed by atoms with E-state index in [9.17, 15) is 9.59 Å². The molecule has 1 N–H and O–H groups in total. The number of cyclic esters (lactones) is 1. The van der Waals surface area contributed by atoms with Crippen LogP contribution in [-0.2, 0) is 16.0 Å². The maximum Gasteiger partial charge on any atom is 0.407 e. The van der Waals surface area contributed by atoms with Gasteiger partial charge in [0.25, 0.3) is 0 Å². The minimum absolute atomic E-state index is 0.0199. The maximum atomic E-state index is 13.0. The van der Waals surface area contributed by atoms with Crippen LogP contribution in [0.5, 0.6) is 5.88 Å².